The Morgan fingerprint density at radius 2 is 1.98 bits per heavy atom. The number of rotatable bonds is 10. The van der Waals surface area contributed by atoms with Crippen molar-refractivity contribution in [1.29, 1.82) is 10.5 Å². The van der Waals surface area contributed by atoms with E-state index in [9.17, 15) is 19.6 Å². The van der Waals surface area contributed by atoms with Gasteiger partial charge in [-0.25, -0.2) is 19.2 Å². The van der Waals surface area contributed by atoms with Crippen LogP contribution in [0.4, 0.5) is 4.39 Å². The first-order valence-electron chi connectivity index (χ1n) is 15.1. The Balaban J connectivity index is 1.22. The van der Waals surface area contributed by atoms with Crippen LogP contribution >= 0.6 is 11.6 Å². The lowest BCUT2D eigenvalue weighted by Crippen LogP contribution is -2.15. The normalized spacial score (nSPS) is 14.2. The molecule has 47 heavy (non-hydrogen) atoms. The van der Waals surface area contributed by atoms with Crippen LogP contribution in [0.25, 0.3) is 22.3 Å². The highest BCUT2D eigenvalue weighted by atomic mass is 35.5. The van der Waals surface area contributed by atoms with Crippen molar-refractivity contribution < 1.29 is 23.8 Å². The Morgan fingerprint density at radius 3 is 2.72 bits per heavy atom. The van der Waals surface area contributed by atoms with Crippen molar-refractivity contribution in [3.63, 3.8) is 0 Å². The van der Waals surface area contributed by atoms with Crippen LogP contribution in [0.15, 0.2) is 60.7 Å². The number of carbonyl (C=O) groups is 1. The number of aromatic nitrogens is 3. The van der Waals surface area contributed by atoms with Crippen molar-refractivity contribution in [3.8, 4) is 35.0 Å². The number of carboxylic acids is 1. The number of carboxylic acid groups (broad SMARTS) is 1. The van der Waals surface area contributed by atoms with E-state index in [1.807, 2.05) is 18.2 Å². The summed E-state index contributed by atoms with van der Waals surface area (Å²) in [7, 11) is 0. The van der Waals surface area contributed by atoms with E-state index >= 15 is 0 Å². The molecule has 1 aliphatic carbocycles. The lowest BCUT2D eigenvalue weighted by atomic mass is 9.96. The predicted octanol–water partition coefficient (Wildman–Crippen LogP) is 7.26. The molecule has 2 aliphatic rings. The molecular weight excluding hydrogens is 621 g/mol. The molecule has 9 nitrogen and oxygen atoms in total. The average molecular weight is 648 g/mol. The third kappa shape index (κ3) is 5.84. The van der Waals surface area contributed by atoms with E-state index in [0.29, 0.717) is 76.9 Å². The number of benzene rings is 3. The minimum Gasteiger partial charge on any atom is -0.492 e. The molecule has 3 heterocycles. The molecule has 3 aromatic carbocycles. The summed E-state index contributed by atoms with van der Waals surface area (Å²) in [5.41, 5.74) is 5.05. The van der Waals surface area contributed by atoms with Crippen LogP contribution in [-0.2, 0) is 26.0 Å². The first-order valence-corrected chi connectivity index (χ1v) is 15.5. The van der Waals surface area contributed by atoms with Gasteiger partial charge in [-0.3, -0.25) is 0 Å². The van der Waals surface area contributed by atoms with E-state index in [-0.39, 0.29) is 23.1 Å². The summed E-state index contributed by atoms with van der Waals surface area (Å²) >= 11 is 7.01. The molecule has 5 aromatic rings. The minimum atomic E-state index is -1.02. The summed E-state index contributed by atoms with van der Waals surface area (Å²) < 4.78 is 28.4. The van der Waals surface area contributed by atoms with Crippen molar-refractivity contribution in [1.82, 2.24) is 14.5 Å². The number of ether oxygens (including phenoxy) is 2. The van der Waals surface area contributed by atoms with E-state index < -0.39 is 11.8 Å². The molecule has 1 fully saturated rings. The van der Waals surface area contributed by atoms with E-state index in [2.05, 4.69) is 15.6 Å². The third-order valence-corrected chi connectivity index (χ3v) is 9.25. The van der Waals surface area contributed by atoms with Crippen molar-refractivity contribution in [2.24, 2.45) is 5.41 Å². The molecular formula is C36H27ClFN5O4. The van der Waals surface area contributed by atoms with Gasteiger partial charge in [-0.2, -0.15) is 10.5 Å². The first kappa shape index (κ1) is 30.2. The van der Waals surface area contributed by atoms with Crippen LogP contribution < -0.4 is 9.47 Å². The second-order valence-corrected chi connectivity index (χ2v) is 12.4. The molecule has 7 rings (SSSR count). The Morgan fingerprint density at radius 1 is 1.13 bits per heavy atom. The van der Waals surface area contributed by atoms with Crippen LogP contribution in [0, 0.1) is 33.9 Å². The van der Waals surface area contributed by atoms with Gasteiger partial charge in [-0.1, -0.05) is 23.7 Å². The second-order valence-electron chi connectivity index (χ2n) is 12.0. The molecule has 2 aromatic heterocycles. The van der Waals surface area contributed by atoms with Gasteiger partial charge in [0.2, 0.25) is 5.88 Å². The zero-order chi connectivity index (χ0) is 32.7. The zero-order valence-corrected chi connectivity index (χ0v) is 25.9. The summed E-state index contributed by atoms with van der Waals surface area (Å²) in [6, 6.07) is 20.5. The molecule has 11 heteroatoms. The fourth-order valence-corrected chi connectivity index (χ4v) is 6.46. The molecule has 0 spiro atoms. The van der Waals surface area contributed by atoms with Crippen molar-refractivity contribution >= 4 is 28.6 Å². The highest BCUT2D eigenvalue weighted by Gasteiger charge is 2.43. The number of imidazole rings is 1. The van der Waals surface area contributed by atoms with Crippen LogP contribution in [-0.4, -0.2) is 32.2 Å². The number of hydrogen-bond acceptors (Lipinski definition) is 7. The van der Waals surface area contributed by atoms with Gasteiger partial charge < -0.3 is 19.1 Å². The Kier molecular flexibility index (Phi) is 7.75. The number of hydrogen-bond donors (Lipinski definition) is 1. The smallest absolute Gasteiger partial charge is 0.335 e. The van der Waals surface area contributed by atoms with Gasteiger partial charge in [0, 0.05) is 59.0 Å². The molecule has 1 aliphatic heterocycles. The number of fused-ring (bicyclic) bond motifs is 2. The topological polar surface area (TPSA) is 134 Å². The molecule has 0 radical (unpaired) electrons. The Hall–Kier alpha value is -5.45. The fraction of sp³-hybridized carbons (Fsp3) is 0.250. The Labute approximate surface area is 274 Å². The summed E-state index contributed by atoms with van der Waals surface area (Å²) in [6.07, 6.45) is 3.29. The summed E-state index contributed by atoms with van der Waals surface area (Å²) in [5, 5.41) is 28.6. The van der Waals surface area contributed by atoms with Gasteiger partial charge in [0.25, 0.3) is 0 Å². The van der Waals surface area contributed by atoms with Crippen molar-refractivity contribution in [3.05, 3.63) is 105 Å². The third-order valence-electron chi connectivity index (χ3n) is 8.91. The van der Waals surface area contributed by atoms with Gasteiger partial charge >= 0.3 is 5.97 Å². The minimum absolute atomic E-state index is 0.0626. The number of nitriles is 2. The molecule has 0 saturated heterocycles. The highest BCUT2D eigenvalue weighted by molar-refractivity contribution is 6.32. The van der Waals surface area contributed by atoms with Crippen LogP contribution in [0.1, 0.15) is 57.7 Å². The molecule has 1 saturated carbocycles. The maximum absolute atomic E-state index is 14.4. The molecule has 0 amide bonds. The van der Waals surface area contributed by atoms with Crippen molar-refractivity contribution in [2.45, 2.75) is 45.3 Å². The maximum atomic E-state index is 14.4. The standard InChI is InChI=1S/C36H27ClFN5O4/c37-27-16-26(29-2-1-3-33(42-29)47-19-23-5-4-21(18-40)14-28(23)38)34-24(8-13-46-34)25(27)17-32-41-30-7-6-22(35(44)45)15-31(30)43(32)20-36(9-10-36)11-12-39/h1-7,14-16H,8-11,13,17,19-20H2,(H,44,45). The summed E-state index contributed by atoms with van der Waals surface area (Å²) in [4.78, 5) is 21.4. The van der Waals surface area contributed by atoms with Gasteiger partial charge in [-0.15, -0.1) is 0 Å². The maximum Gasteiger partial charge on any atom is 0.335 e. The lowest BCUT2D eigenvalue weighted by Gasteiger charge is -2.18. The quantitative estimate of drug-likeness (QED) is 0.167. The van der Waals surface area contributed by atoms with E-state index in [4.69, 9.17) is 31.3 Å². The van der Waals surface area contributed by atoms with Gasteiger partial charge in [-0.05, 0) is 60.9 Å². The highest BCUT2D eigenvalue weighted by Crippen LogP contribution is 2.51. The van der Waals surface area contributed by atoms with Crippen LogP contribution in [0.3, 0.4) is 0 Å². The summed E-state index contributed by atoms with van der Waals surface area (Å²) in [6.45, 7) is 0.966. The van der Waals surface area contributed by atoms with E-state index in [0.717, 1.165) is 29.8 Å². The second kappa shape index (κ2) is 12.1. The van der Waals surface area contributed by atoms with Crippen molar-refractivity contribution in [2.75, 3.05) is 6.61 Å². The largest absolute Gasteiger partial charge is 0.492 e. The molecule has 0 atom stereocenters. The number of halogens is 2. The molecule has 234 valence electrons. The monoisotopic (exact) mass is 647 g/mol. The molecule has 0 unspecified atom stereocenters. The van der Waals surface area contributed by atoms with Crippen LogP contribution in [0.2, 0.25) is 5.02 Å². The molecule has 1 N–H and O–H groups in total. The van der Waals surface area contributed by atoms with E-state index in [1.54, 1.807) is 30.3 Å². The average Bonchev–Trinajstić information content (AvgIpc) is 3.49. The predicted molar refractivity (Wildman–Crippen MR) is 171 cm³/mol. The van der Waals surface area contributed by atoms with Gasteiger partial charge in [0.05, 0.1) is 46.6 Å². The van der Waals surface area contributed by atoms with Crippen LogP contribution in [0.5, 0.6) is 11.6 Å². The zero-order valence-electron chi connectivity index (χ0n) is 25.1. The van der Waals surface area contributed by atoms with Gasteiger partial charge in [0.1, 0.15) is 24.0 Å². The SMILES string of the molecule is N#CCC1(Cn2c(Cc3c(Cl)cc(-c4cccc(OCc5ccc(C#N)cc5F)n4)c4c3CCO4)nc3ccc(C(=O)O)cc32)CC1. The molecule has 0 bridgehead atoms. The fourth-order valence-electron chi connectivity index (χ4n) is 6.17. The Bertz CT molecular complexity index is 2160. The van der Waals surface area contributed by atoms with E-state index in [1.165, 1.54) is 18.2 Å². The lowest BCUT2D eigenvalue weighted by molar-refractivity contribution is 0.0697. The number of nitrogens with zero attached hydrogens (tertiary/aromatic N) is 5. The van der Waals surface area contributed by atoms with Gasteiger partial charge in [0.15, 0.2) is 0 Å². The first-order chi connectivity index (χ1) is 22.8. The summed E-state index contributed by atoms with van der Waals surface area (Å²) in [5.74, 6) is 0.156. The number of aromatic carboxylic acids is 1. The number of pyridine rings is 1.